The fourth-order valence-electron chi connectivity index (χ4n) is 0.939. The van der Waals surface area contributed by atoms with Crippen LogP contribution in [0, 0.1) is 10.8 Å². The molecule has 0 N–H and O–H groups in total. The Kier molecular flexibility index (Phi) is 4.02. The molecule has 0 nitrogen and oxygen atoms in total. The van der Waals surface area contributed by atoms with E-state index in [0.717, 1.165) is 0 Å². The van der Waals surface area contributed by atoms with Crippen LogP contribution < -0.4 is 0 Å². The minimum Gasteiger partial charge on any atom is -0.103 e. The summed E-state index contributed by atoms with van der Waals surface area (Å²) in [6.07, 6.45) is 5.87. The third-order valence-electron chi connectivity index (χ3n) is 2.96. The molecule has 0 spiro atoms. The Bertz CT molecular complexity index is 140. The van der Waals surface area contributed by atoms with Crippen LogP contribution in [0.4, 0.5) is 0 Å². The molecule has 0 atom stereocenters. The Hall–Kier alpha value is -0.260. The quantitative estimate of drug-likeness (QED) is 0.533. The Morgan fingerprint density at radius 3 is 1.92 bits per heavy atom. The molecule has 0 unspecified atom stereocenters. The molecule has 0 bridgehead atoms. The summed E-state index contributed by atoms with van der Waals surface area (Å²) >= 11 is 0. The molecule has 0 heterocycles. The highest BCUT2D eigenvalue weighted by molar-refractivity contribution is 4.88. The summed E-state index contributed by atoms with van der Waals surface area (Å²) in [5.74, 6) is 0. The number of rotatable bonds is 5. The molecule has 0 rings (SSSR count). The van der Waals surface area contributed by atoms with Crippen LogP contribution in [0.25, 0.3) is 0 Å². The Morgan fingerprint density at radius 2 is 1.58 bits per heavy atom. The smallest absolute Gasteiger partial charge is 0.0177 e. The van der Waals surface area contributed by atoms with E-state index in [4.69, 9.17) is 0 Å². The topological polar surface area (TPSA) is 0 Å². The van der Waals surface area contributed by atoms with E-state index in [1.165, 1.54) is 19.3 Å². The van der Waals surface area contributed by atoms with Gasteiger partial charge in [0.25, 0.3) is 0 Å². The average molecular weight is 168 g/mol. The first-order chi connectivity index (χ1) is 5.33. The summed E-state index contributed by atoms with van der Waals surface area (Å²) in [7, 11) is 0. The predicted molar refractivity (Wildman–Crippen MR) is 57.3 cm³/mol. The normalized spacial score (nSPS) is 13.1. The van der Waals surface area contributed by atoms with Crippen LogP contribution in [-0.4, -0.2) is 0 Å². The molecule has 12 heavy (non-hydrogen) atoms. The van der Waals surface area contributed by atoms with Crippen LogP contribution in [0.15, 0.2) is 12.7 Å². The van der Waals surface area contributed by atoms with Crippen molar-refractivity contribution < 1.29 is 0 Å². The van der Waals surface area contributed by atoms with Crippen molar-refractivity contribution in [1.29, 1.82) is 0 Å². The zero-order valence-corrected chi connectivity index (χ0v) is 9.41. The van der Waals surface area contributed by atoms with E-state index >= 15 is 0 Å². The first-order valence-electron chi connectivity index (χ1n) is 4.96. The van der Waals surface area contributed by atoms with Gasteiger partial charge in [-0.05, 0) is 23.7 Å². The first kappa shape index (κ1) is 11.7. The molecule has 0 aromatic rings. The molecular weight excluding hydrogens is 144 g/mol. The molecule has 72 valence electrons. The first-order valence-corrected chi connectivity index (χ1v) is 4.96. The standard InChI is InChI=1S/C12H24/c1-7-11(3,4)9-10-12(5,6)8-2/h7H,1,8-10H2,2-6H3. The molecule has 0 aromatic carbocycles. The van der Waals surface area contributed by atoms with Gasteiger partial charge in [-0.3, -0.25) is 0 Å². The second-order valence-electron chi connectivity index (χ2n) is 5.21. The van der Waals surface area contributed by atoms with Gasteiger partial charge in [0.05, 0.1) is 0 Å². The van der Waals surface area contributed by atoms with Gasteiger partial charge in [0.15, 0.2) is 0 Å². The van der Waals surface area contributed by atoms with E-state index in [1.807, 2.05) is 0 Å². The molecule has 0 saturated carbocycles. The van der Waals surface area contributed by atoms with Crippen molar-refractivity contribution in [2.45, 2.75) is 53.9 Å². The van der Waals surface area contributed by atoms with Crippen molar-refractivity contribution in [3.05, 3.63) is 12.7 Å². The SMILES string of the molecule is C=CC(C)(C)CCC(C)(C)CC. The van der Waals surface area contributed by atoms with Crippen LogP contribution in [-0.2, 0) is 0 Å². The van der Waals surface area contributed by atoms with Gasteiger partial charge >= 0.3 is 0 Å². The van der Waals surface area contributed by atoms with Crippen molar-refractivity contribution in [2.75, 3.05) is 0 Å². The molecule has 0 heteroatoms. The fraction of sp³-hybridized carbons (Fsp3) is 0.833. The van der Waals surface area contributed by atoms with Gasteiger partial charge in [-0.2, -0.15) is 0 Å². The molecule has 0 aliphatic heterocycles. The van der Waals surface area contributed by atoms with Gasteiger partial charge < -0.3 is 0 Å². The van der Waals surface area contributed by atoms with E-state index in [-0.39, 0.29) is 0 Å². The van der Waals surface area contributed by atoms with Crippen molar-refractivity contribution in [1.82, 2.24) is 0 Å². The number of allylic oxidation sites excluding steroid dienone is 1. The Morgan fingerprint density at radius 1 is 1.08 bits per heavy atom. The summed E-state index contributed by atoms with van der Waals surface area (Å²) in [5, 5.41) is 0. The summed E-state index contributed by atoms with van der Waals surface area (Å²) in [6.45, 7) is 15.3. The van der Waals surface area contributed by atoms with Crippen molar-refractivity contribution in [2.24, 2.45) is 10.8 Å². The van der Waals surface area contributed by atoms with Crippen LogP contribution in [0.5, 0.6) is 0 Å². The highest BCUT2D eigenvalue weighted by atomic mass is 14.3. The average Bonchev–Trinajstić information content (AvgIpc) is 2.02. The number of hydrogen-bond acceptors (Lipinski definition) is 0. The lowest BCUT2D eigenvalue weighted by molar-refractivity contribution is 0.266. The zero-order valence-electron chi connectivity index (χ0n) is 9.41. The predicted octanol–water partition coefficient (Wildman–Crippen LogP) is 4.42. The second-order valence-corrected chi connectivity index (χ2v) is 5.21. The van der Waals surface area contributed by atoms with Crippen molar-refractivity contribution in [3.8, 4) is 0 Å². The molecule has 0 aliphatic rings. The zero-order chi connectivity index (χ0) is 9.83. The van der Waals surface area contributed by atoms with Gasteiger partial charge in [0, 0.05) is 0 Å². The van der Waals surface area contributed by atoms with Gasteiger partial charge in [-0.25, -0.2) is 0 Å². The van der Waals surface area contributed by atoms with Gasteiger partial charge in [0.1, 0.15) is 0 Å². The minimum absolute atomic E-state index is 0.312. The summed E-state index contributed by atoms with van der Waals surface area (Å²) < 4.78 is 0. The molecular formula is C12H24. The monoisotopic (exact) mass is 168 g/mol. The molecule has 0 saturated heterocycles. The maximum absolute atomic E-state index is 3.86. The highest BCUT2D eigenvalue weighted by Gasteiger charge is 2.20. The molecule has 0 aromatic heterocycles. The van der Waals surface area contributed by atoms with E-state index in [9.17, 15) is 0 Å². The van der Waals surface area contributed by atoms with Crippen molar-refractivity contribution in [3.63, 3.8) is 0 Å². The molecule has 0 fully saturated rings. The molecule has 0 radical (unpaired) electrons. The maximum atomic E-state index is 3.86. The summed E-state index contributed by atoms with van der Waals surface area (Å²) in [4.78, 5) is 0. The van der Waals surface area contributed by atoms with Crippen LogP contribution >= 0.6 is 0 Å². The fourth-order valence-corrected chi connectivity index (χ4v) is 0.939. The summed E-state index contributed by atoms with van der Waals surface area (Å²) in [6, 6.07) is 0. The largest absolute Gasteiger partial charge is 0.103 e. The Labute approximate surface area is 78.1 Å². The lowest BCUT2D eigenvalue weighted by atomic mass is 9.78. The second kappa shape index (κ2) is 4.11. The summed E-state index contributed by atoms with van der Waals surface area (Å²) in [5.41, 5.74) is 0.812. The van der Waals surface area contributed by atoms with Crippen LogP contribution in [0.1, 0.15) is 53.9 Å². The third kappa shape index (κ3) is 4.58. The van der Waals surface area contributed by atoms with E-state index < -0.39 is 0 Å². The van der Waals surface area contributed by atoms with Crippen molar-refractivity contribution >= 4 is 0 Å². The highest BCUT2D eigenvalue weighted by Crippen LogP contribution is 2.33. The van der Waals surface area contributed by atoms with E-state index in [0.29, 0.717) is 10.8 Å². The van der Waals surface area contributed by atoms with Gasteiger partial charge in [-0.15, -0.1) is 6.58 Å². The van der Waals surface area contributed by atoms with E-state index in [2.05, 4.69) is 47.3 Å². The molecule has 0 amide bonds. The van der Waals surface area contributed by atoms with Gasteiger partial charge in [0.2, 0.25) is 0 Å². The maximum Gasteiger partial charge on any atom is -0.0177 e. The van der Waals surface area contributed by atoms with E-state index in [1.54, 1.807) is 0 Å². The lowest BCUT2D eigenvalue weighted by Gasteiger charge is -2.28. The number of hydrogen-bond donors (Lipinski definition) is 0. The molecule has 0 aliphatic carbocycles. The van der Waals surface area contributed by atoms with Crippen LogP contribution in [0.3, 0.4) is 0 Å². The minimum atomic E-state index is 0.312. The third-order valence-corrected chi connectivity index (χ3v) is 2.96. The Balaban J connectivity index is 3.90. The van der Waals surface area contributed by atoms with Crippen LogP contribution in [0.2, 0.25) is 0 Å². The van der Waals surface area contributed by atoms with Gasteiger partial charge in [-0.1, -0.05) is 47.1 Å². The lowest BCUT2D eigenvalue weighted by Crippen LogP contribution is -2.15.